The van der Waals surface area contributed by atoms with Crippen LogP contribution in [0.3, 0.4) is 0 Å². The molecule has 0 spiro atoms. The van der Waals surface area contributed by atoms with Gasteiger partial charge >= 0.3 is 6.18 Å². The van der Waals surface area contributed by atoms with Crippen LogP contribution in [0.4, 0.5) is 18.9 Å². The summed E-state index contributed by atoms with van der Waals surface area (Å²) in [5.41, 5.74) is 4.11. The van der Waals surface area contributed by atoms with Crippen molar-refractivity contribution in [3.63, 3.8) is 0 Å². The first kappa shape index (κ1) is 11.8. The monoisotopic (exact) mass is 236 g/mol. The van der Waals surface area contributed by atoms with E-state index in [4.69, 9.17) is 17.3 Å². The second-order valence-electron chi connectivity index (χ2n) is 2.91. The molecule has 0 aliphatic rings. The second kappa shape index (κ2) is 4.10. The van der Waals surface area contributed by atoms with E-state index >= 15 is 0 Å². The summed E-state index contributed by atoms with van der Waals surface area (Å²) in [6.45, 7) is 1.41. The Kier molecular flexibility index (Phi) is 3.24. The van der Waals surface area contributed by atoms with Crippen LogP contribution < -0.4 is 5.73 Å². The van der Waals surface area contributed by atoms with Crippen LogP contribution in [0.2, 0.25) is 5.02 Å². The molecule has 2 nitrogen and oxygen atoms in total. The average Bonchev–Trinajstić information content (AvgIpc) is 2.05. The van der Waals surface area contributed by atoms with Gasteiger partial charge in [0.1, 0.15) is 0 Å². The Morgan fingerprint density at radius 1 is 1.40 bits per heavy atom. The van der Waals surface area contributed by atoms with Crippen LogP contribution in [0.15, 0.2) is 23.2 Å². The Morgan fingerprint density at radius 2 is 2.00 bits per heavy atom. The van der Waals surface area contributed by atoms with E-state index in [0.717, 1.165) is 6.07 Å². The van der Waals surface area contributed by atoms with Gasteiger partial charge in [-0.1, -0.05) is 11.6 Å². The maximum atomic E-state index is 12.5. The van der Waals surface area contributed by atoms with Crippen molar-refractivity contribution in [1.82, 2.24) is 0 Å². The van der Waals surface area contributed by atoms with E-state index in [1.54, 1.807) is 0 Å². The Balaban J connectivity index is 3.34. The fourth-order valence-electron chi connectivity index (χ4n) is 1.02. The Hall–Kier alpha value is -1.23. The lowest BCUT2D eigenvalue weighted by atomic mass is 10.2. The second-order valence-corrected chi connectivity index (χ2v) is 3.35. The van der Waals surface area contributed by atoms with Crippen LogP contribution in [0.25, 0.3) is 0 Å². The smallest absolute Gasteiger partial charge is 0.387 e. The summed E-state index contributed by atoms with van der Waals surface area (Å²) in [5.74, 6) is 0.0582. The van der Waals surface area contributed by atoms with Crippen molar-refractivity contribution in [1.29, 1.82) is 0 Å². The highest BCUT2D eigenvalue weighted by Gasteiger charge is 2.33. The number of amidine groups is 1. The van der Waals surface area contributed by atoms with Crippen molar-refractivity contribution in [2.24, 2.45) is 10.7 Å². The van der Waals surface area contributed by atoms with Gasteiger partial charge in [-0.2, -0.15) is 13.2 Å². The molecule has 1 aromatic carbocycles. The minimum absolute atomic E-state index is 0.0101. The van der Waals surface area contributed by atoms with Gasteiger partial charge < -0.3 is 5.73 Å². The number of halogens is 4. The SMILES string of the molecule is CC(N)=Nc1ccc(Cl)cc1C(F)(F)F. The van der Waals surface area contributed by atoms with Crippen LogP contribution >= 0.6 is 11.6 Å². The lowest BCUT2D eigenvalue weighted by Gasteiger charge is -2.10. The van der Waals surface area contributed by atoms with E-state index in [1.807, 2.05) is 0 Å². The van der Waals surface area contributed by atoms with Gasteiger partial charge in [0.05, 0.1) is 17.1 Å². The number of hydrogen-bond acceptors (Lipinski definition) is 1. The molecule has 0 fully saturated rings. The molecule has 0 saturated carbocycles. The molecule has 0 radical (unpaired) electrons. The van der Waals surface area contributed by atoms with Crippen molar-refractivity contribution < 1.29 is 13.2 Å². The molecule has 0 unspecified atom stereocenters. The molecule has 1 rings (SSSR count). The highest BCUT2D eigenvalue weighted by molar-refractivity contribution is 6.30. The number of nitrogens with two attached hydrogens (primary N) is 1. The molecule has 82 valence electrons. The molecule has 0 saturated heterocycles. The number of hydrogen-bond donors (Lipinski definition) is 1. The van der Waals surface area contributed by atoms with E-state index < -0.39 is 11.7 Å². The maximum absolute atomic E-state index is 12.5. The molecule has 15 heavy (non-hydrogen) atoms. The van der Waals surface area contributed by atoms with Crippen molar-refractivity contribution in [3.8, 4) is 0 Å². The van der Waals surface area contributed by atoms with E-state index in [0.29, 0.717) is 0 Å². The molecule has 0 aromatic heterocycles. The van der Waals surface area contributed by atoms with Crippen molar-refractivity contribution in [2.75, 3.05) is 0 Å². The van der Waals surface area contributed by atoms with E-state index in [9.17, 15) is 13.2 Å². The molecule has 0 atom stereocenters. The van der Waals surface area contributed by atoms with E-state index in [-0.39, 0.29) is 16.5 Å². The van der Waals surface area contributed by atoms with Gasteiger partial charge in [0.25, 0.3) is 0 Å². The number of aliphatic imine (C=N–C) groups is 1. The Bertz CT molecular complexity index is 395. The zero-order chi connectivity index (χ0) is 11.6. The zero-order valence-electron chi connectivity index (χ0n) is 7.77. The summed E-state index contributed by atoms with van der Waals surface area (Å²) in [7, 11) is 0. The van der Waals surface area contributed by atoms with Gasteiger partial charge in [-0.05, 0) is 25.1 Å². The van der Waals surface area contributed by atoms with Crippen molar-refractivity contribution in [2.45, 2.75) is 13.1 Å². The number of rotatable bonds is 1. The lowest BCUT2D eigenvalue weighted by molar-refractivity contribution is -0.137. The molecular formula is C9H8ClF3N2. The predicted octanol–water partition coefficient (Wildman–Crippen LogP) is 3.37. The molecule has 0 heterocycles. The van der Waals surface area contributed by atoms with Crippen LogP contribution in [-0.4, -0.2) is 5.84 Å². The minimum atomic E-state index is -4.49. The van der Waals surface area contributed by atoms with E-state index in [1.165, 1.54) is 19.1 Å². The van der Waals surface area contributed by atoms with Crippen LogP contribution in [0.5, 0.6) is 0 Å². The average molecular weight is 237 g/mol. The molecule has 1 aromatic rings. The van der Waals surface area contributed by atoms with Crippen molar-refractivity contribution >= 4 is 23.1 Å². The molecule has 6 heteroatoms. The largest absolute Gasteiger partial charge is 0.418 e. The number of alkyl halides is 3. The van der Waals surface area contributed by atoms with E-state index in [2.05, 4.69) is 4.99 Å². The Morgan fingerprint density at radius 3 is 2.47 bits per heavy atom. The summed E-state index contributed by atoms with van der Waals surface area (Å²) in [6, 6.07) is 3.34. The first-order chi connectivity index (χ1) is 6.80. The highest BCUT2D eigenvalue weighted by Crippen LogP contribution is 2.37. The first-order valence-electron chi connectivity index (χ1n) is 3.98. The third-order valence-corrected chi connectivity index (χ3v) is 1.80. The fourth-order valence-corrected chi connectivity index (χ4v) is 1.19. The van der Waals surface area contributed by atoms with Gasteiger partial charge in [-0.15, -0.1) is 0 Å². The molecule has 0 aliphatic carbocycles. The summed E-state index contributed by atoms with van der Waals surface area (Å²) in [5, 5.41) is 0.0101. The topological polar surface area (TPSA) is 38.4 Å². The number of benzene rings is 1. The number of nitrogens with zero attached hydrogens (tertiary/aromatic N) is 1. The summed E-state index contributed by atoms with van der Waals surface area (Å²) < 4.78 is 37.5. The normalized spacial score (nSPS) is 13.0. The van der Waals surface area contributed by atoms with Crippen molar-refractivity contribution in [3.05, 3.63) is 28.8 Å². The van der Waals surface area contributed by atoms with Crippen LogP contribution in [0.1, 0.15) is 12.5 Å². The predicted molar refractivity (Wildman–Crippen MR) is 53.4 cm³/mol. The summed E-state index contributed by atoms with van der Waals surface area (Å²) >= 11 is 5.48. The Labute approximate surface area is 89.6 Å². The maximum Gasteiger partial charge on any atom is 0.418 e. The third-order valence-electron chi connectivity index (χ3n) is 1.56. The molecular weight excluding hydrogens is 229 g/mol. The van der Waals surface area contributed by atoms with Gasteiger partial charge in [0.15, 0.2) is 0 Å². The van der Waals surface area contributed by atoms with Gasteiger partial charge in [0.2, 0.25) is 0 Å². The minimum Gasteiger partial charge on any atom is -0.387 e. The van der Waals surface area contributed by atoms with Gasteiger partial charge in [-0.25, -0.2) is 4.99 Å². The highest BCUT2D eigenvalue weighted by atomic mass is 35.5. The summed E-state index contributed by atoms with van der Waals surface area (Å²) in [6.07, 6.45) is -4.49. The molecule has 2 N–H and O–H groups in total. The lowest BCUT2D eigenvalue weighted by Crippen LogP contribution is -2.08. The standard InChI is InChI=1S/C9H8ClF3N2/c1-5(14)15-8-3-2-6(10)4-7(8)9(11,12)13/h2-4H,1H3,(H2,14,15). The quantitative estimate of drug-likeness (QED) is 0.589. The zero-order valence-corrected chi connectivity index (χ0v) is 8.52. The third kappa shape index (κ3) is 3.13. The summed E-state index contributed by atoms with van der Waals surface area (Å²) in [4.78, 5) is 3.58. The van der Waals surface area contributed by atoms with Gasteiger partial charge in [0, 0.05) is 5.02 Å². The van der Waals surface area contributed by atoms with Gasteiger partial charge in [-0.3, -0.25) is 0 Å². The first-order valence-corrected chi connectivity index (χ1v) is 4.36. The van der Waals surface area contributed by atoms with Crippen LogP contribution in [-0.2, 0) is 6.18 Å². The molecule has 0 bridgehead atoms. The van der Waals surface area contributed by atoms with Crippen LogP contribution in [0, 0.1) is 0 Å². The molecule has 0 amide bonds. The fraction of sp³-hybridized carbons (Fsp3) is 0.222. The molecule has 0 aliphatic heterocycles.